The van der Waals surface area contributed by atoms with Crippen molar-refractivity contribution in [2.45, 2.75) is 19.5 Å². The standard InChI is InChI=1S/C10H17N5/c1-2-11-5-9(1)6-14-3-4-15-8-12-13-10(15)7-14/h8-9,11H,1-7H2. The van der Waals surface area contributed by atoms with E-state index in [4.69, 9.17) is 0 Å². The summed E-state index contributed by atoms with van der Waals surface area (Å²) in [5.41, 5.74) is 0. The van der Waals surface area contributed by atoms with Crippen LogP contribution in [-0.4, -0.2) is 45.8 Å². The molecule has 1 aromatic heterocycles. The van der Waals surface area contributed by atoms with Gasteiger partial charge >= 0.3 is 0 Å². The highest BCUT2D eigenvalue weighted by atomic mass is 15.3. The van der Waals surface area contributed by atoms with Crippen LogP contribution in [0.1, 0.15) is 12.2 Å². The average molecular weight is 207 g/mol. The highest BCUT2D eigenvalue weighted by molar-refractivity contribution is 4.90. The molecule has 0 amide bonds. The van der Waals surface area contributed by atoms with E-state index < -0.39 is 0 Å². The summed E-state index contributed by atoms with van der Waals surface area (Å²) < 4.78 is 2.16. The van der Waals surface area contributed by atoms with E-state index in [-0.39, 0.29) is 0 Å². The van der Waals surface area contributed by atoms with Crippen LogP contribution >= 0.6 is 0 Å². The molecule has 0 bridgehead atoms. The maximum atomic E-state index is 4.14. The van der Waals surface area contributed by atoms with Gasteiger partial charge in [0.25, 0.3) is 0 Å². The summed E-state index contributed by atoms with van der Waals surface area (Å²) in [6, 6.07) is 0. The van der Waals surface area contributed by atoms with Gasteiger partial charge in [-0.1, -0.05) is 0 Å². The van der Waals surface area contributed by atoms with E-state index >= 15 is 0 Å². The fraction of sp³-hybridized carbons (Fsp3) is 0.800. The Morgan fingerprint density at radius 2 is 2.47 bits per heavy atom. The number of rotatable bonds is 2. The molecule has 2 aliphatic heterocycles. The fourth-order valence-electron chi connectivity index (χ4n) is 2.51. The van der Waals surface area contributed by atoms with Crippen LogP contribution in [0.5, 0.6) is 0 Å². The van der Waals surface area contributed by atoms with Gasteiger partial charge in [-0.3, -0.25) is 4.90 Å². The molecule has 0 saturated carbocycles. The summed E-state index contributed by atoms with van der Waals surface area (Å²) in [5, 5.41) is 11.5. The van der Waals surface area contributed by atoms with Gasteiger partial charge in [0.15, 0.2) is 0 Å². The van der Waals surface area contributed by atoms with Crippen molar-refractivity contribution in [3.05, 3.63) is 12.2 Å². The van der Waals surface area contributed by atoms with E-state index in [1.54, 1.807) is 0 Å². The molecule has 1 N–H and O–H groups in total. The van der Waals surface area contributed by atoms with Crippen LogP contribution in [0.2, 0.25) is 0 Å². The van der Waals surface area contributed by atoms with Gasteiger partial charge in [0.2, 0.25) is 0 Å². The zero-order chi connectivity index (χ0) is 10.1. The summed E-state index contributed by atoms with van der Waals surface area (Å²) in [5.74, 6) is 1.95. The first-order chi connectivity index (χ1) is 7.42. The van der Waals surface area contributed by atoms with Gasteiger partial charge in [-0.25, -0.2) is 0 Å². The zero-order valence-corrected chi connectivity index (χ0v) is 8.89. The molecular formula is C10H17N5. The minimum absolute atomic E-state index is 0.833. The number of hydrogen-bond acceptors (Lipinski definition) is 4. The quantitative estimate of drug-likeness (QED) is 0.723. The minimum atomic E-state index is 0.833. The van der Waals surface area contributed by atoms with E-state index in [1.165, 1.54) is 26.1 Å². The summed E-state index contributed by atoms with van der Waals surface area (Å²) >= 11 is 0. The van der Waals surface area contributed by atoms with E-state index in [0.717, 1.165) is 31.4 Å². The third-order valence-electron chi connectivity index (χ3n) is 3.40. The van der Waals surface area contributed by atoms with Crippen LogP contribution in [0.25, 0.3) is 0 Å². The van der Waals surface area contributed by atoms with Crippen LogP contribution < -0.4 is 5.32 Å². The molecule has 1 fully saturated rings. The Morgan fingerprint density at radius 3 is 3.33 bits per heavy atom. The molecule has 1 unspecified atom stereocenters. The largest absolute Gasteiger partial charge is 0.316 e. The second kappa shape index (κ2) is 3.90. The van der Waals surface area contributed by atoms with Crippen molar-refractivity contribution in [1.29, 1.82) is 0 Å². The first-order valence-electron chi connectivity index (χ1n) is 5.71. The van der Waals surface area contributed by atoms with Gasteiger partial charge in [0, 0.05) is 19.6 Å². The van der Waals surface area contributed by atoms with Crippen LogP contribution in [-0.2, 0) is 13.1 Å². The molecule has 15 heavy (non-hydrogen) atoms. The van der Waals surface area contributed by atoms with Crippen molar-refractivity contribution >= 4 is 0 Å². The van der Waals surface area contributed by atoms with Gasteiger partial charge in [-0.2, -0.15) is 0 Å². The van der Waals surface area contributed by atoms with Gasteiger partial charge < -0.3 is 9.88 Å². The summed E-state index contributed by atoms with van der Waals surface area (Å²) in [7, 11) is 0. The maximum Gasteiger partial charge on any atom is 0.147 e. The van der Waals surface area contributed by atoms with Crippen molar-refractivity contribution < 1.29 is 0 Å². The van der Waals surface area contributed by atoms with E-state index in [2.05, 4.69) is 25.0 Å². The second-order valence-electron chi connectivity index (χ2n) is 4.53. The van der Waals surface area contributed by atoms with Gasteiger partial charge in [0.1, 0.15) is 12.2 Å². The highest BCUT2D eigenvalue weighted by Gasteiger charge is 2.22. The molecule has 0 radical (unpaired) electrons. The van der Waals surface area contributed by atoms with Crippen molar-refractivity contribution in [2.75, 3.05) is 26.2 Å². The smallest absolute Gasteiger partial charge is 0.147 e. The van der Waals surface area contributed by atoms with Crippen LogP contribution in [0.15, 0.2) is 6.33 Å². The molecule has 5 heteroatoms. The monoisotopic (exact) mass is 207 g/mol. The summed E-state index contributed by atoms with van der Waals surface area (Å²) in [4.78, 5) is 2.50. The molecule has 2 aliphatic rings. The average Bonchev–Trinajstić information content (AvgIpc) is 2.87. The minimum Gasteiger partial charge on any atom is -0.316 e. The molecule has 3 rings (SSSR count). The first-order valence-corrected chi connectivity index (χ1v) is 5.71. The van der Waals surface area contributed by atoms with Gasteiger partial charge in [0.05, 0.1) is 6.54 Å². The number of fused-ring (bicyclic) bond motifs is 1. The number of hydrogen-bond donors (Lipinski definition) is 1. The van der Waals surface area contributed by atoms with Crippen molar-refractivity contribution in [3.8, 4) is 0 Å². The molecule has 1 aromatic rings. The number of nitrogens with zero attached hydrogens (tertiary/aromatic N) is 4. The third kappa shape index (κ3) is 1.89. The van der Waals surface area contributed by atoms with Crippen molar-refractivity contribution in [1.82, 2.24) is 25.0 Å². The molecule has 3 heterocycles. The Hall–Kier alpha value is -0.940. The molecule has 0 aliphatic carbocycles. The van der Waals surface area contributed by atoms with Crippen LogP contribution in [0.4, 0.5) is 0 Å². The normalized spacial score (nSPS) is 26.8. The van der Waals surface area contributed by atoms with Crippen molar-refractivity contribution in [2.24, 2.45) is 5.92 Å². The highest BCUT2D eigenvalue weighted by Crippen LogP contribution is 2.14. The van der Waals surface area contributed by atoms with Gasteiger partial charge in [-0.15, -0.1) is 10.2 Å². The fourth-order valence-corrected chi connectivity index (χ4v) is 2.51. The summed E-state index contributed by atoms with van der Waals surface area (Å²) in [6.45, 7) is 6.73. The molecule has 1 atom stereocenters. The first kappa shape index (κ1) is 9.30. The lowest BCUT2D eigenvalue weighted by Gasteiger charge is -2.28. The molecule has 5 nitrogen and oxygen atoms in total. The molecule has 0 spiro atoms. The number of aromatic nitrogens is 3. The van der Waals surface area contributed by atoms with Crippen LogP contribution in [0.3, 0.4) is 0 Å². The van der Waals surface area contributed by atoms with E-state index in [0.29, 0.717) is 0 Å². The van der Waals surface area contributed by atoms with E-state index in [9.17, 15) is 0 Å². The lowest BCUT2D eigenvalue weighted by atomic mass is 10.1. The Balaban J connectivity index is 1.61. The van der Waals surface area contributed by atoms with E-state index in [1.807, 2.05) is 6.33 Å². The Morgan fingerprint density at radius 1 is 1.47 bits per heavy atom. The second-order valence-corrected chi connectivity index (χ2v) is 4.53. The third-order valence-corrected chi connectivity index (χ3v) is 3.40. The predicted octanol–water partition coefficient (Wildman–Crippen LogP) is -0.297. The topological polar surface area (TPSA) is 46.0 Å². The Bertz CT molecular complexity index is 328. The van der Waals surface area contributed by atoms with Crippen LogP contribution in [0, 0.1) is 5.92 Å². The predicted molar refractivity (Wildman–Crippen MR) is 56.3 cm³/mol. The van der Waals surface area contributed by atoms with Crippen molar-refractivity contribution in [3.63, 3.8) is 0 Å². The Labute approximate surface area is 89.5 Å². The molecule has 82 valence electrons. The number of nitrogens with one attached hydrogen (secondary N) is 1. The summed E-state index contributed by atoms with van der Waals surface area (Å²) in [6.07, 6.45) is 3.16. The SMILES string of the molecule is c1nnc2n1CCN(CC1CCNC1)C2. The zero-order valence-electron chi connectivity index (χ0n) is 8.89. The lowest BCUT2D eigenvalue weighted by molar-refractivity contribution is 0.190. The molecule has 0 aromatic carbocycles. The van der Waals surface area contributed by atoms with Gasteiger partial charge in [-0.05, 0) is 25.4 Å². The molecule has 1 saturated heterocycles. The Kier molecular flexibility index (Phi) is 2.42. The maximum absolute atomic E-state index is 4.14. The lowest BCUT2D eigenvalue weighted by Crippen LogP contribution is -2.37. The molecular weight excluding hydrogens is 190 g/mol.